The molecule has 0 bridgehead atoms. The molecule has 1 aromatic rings. The SMILES string of the molecule is COCc1ccc(C(C)=O)s1. The topological polar surface area (TPSA) is 26.3 Å². The van der Waals surface area contributed by atoms with E-state index in [1.165, 1.54) is 11.3 Å². The predicted molar refractivity (Wildman–Crippen MR) is 45.0 cm³/mol. The standard InChI is InChI=1S/C8H10O2S/c1-6(9)8-4-3-7(11-8)5-10-2/h3-4H,5H2,1-2H3. The van der Waals surface area contributed by atoms with Crippen LogP contribution in [0.5, 0.6) is 0 Å². The van der Waals surface area contributed by atoms with Gasteiger partial charge in [-0.2, -0.15) is 0 Å². The number of thiophene rings is 1. The van der Waals surface area contributed by atoms with Crippen molar-refractivity contribution >= 4 is 17.1 Å². The summed E-state index contributed by atoms with van der Waals surface area (Å²) in [6.45, 7) is 2.17. The van der Waals surface area contributed by atoms with Gasteiger partial charge in [-0.1, -0.05) is 0 Å². The molecule has 0 aliphatic rings. The van der Waals surface area contributed by atoms with E-state index in [1.54, 1.807) is 14.0 Å². The van der Waals surface area contributed by atoms with E-state index in [1.807, 2.05) is 12.1 Å². The summed E-state index contributed by atoms with van der Waals surface area (Å²) in [5.41, 5.74) is 0. The molecule has 1 heterocycles. The van der Waals surface area contributed by atoms with Crippen LogP contribution < -0.4 is 0 Å². The van der Waals surface area contributed by atoms with Gasteiger partial charge in [0, 0.05) is 12.0 Å². The second kappa shape index (κ2) is 3.64. The number of hydrogen-bond acceptors (Lipinski definition) is 3. The second-order valence-electron chi connectivity index (χ2n) is 2.26. The van der Waals surface area contributed by atoms with Gasteiger partial charge in [-0.25, -0.2) is 0 Å². The highest BCUT2D eigenvalue weighted by Gasteiger charge is 2.02. The third-order valence-corrected chi connectivity index (χ3v) is 2.45. The van der Waals surface area contributed by atoms with Gasteiger partial charge < -0.3 is 4.74 Å². The lowest BCUT2D eigenvalue weighted by atomic mass is 10.3. The van der Waals surface area contributed by atoms with Crippen LogP contribution in [0.1, 0.15) is 21.5 Å². The third-order valence-electron chi connectivity index (χ3n) is 1.30. The zero-order valence-corrected chi connectivity index (χ0v) is 7.40. The fourth-order valence-electron chi connectivity index (χ4n) is 0.787. The Morgan fingerprint density at radius 3 is 2.82 bits per heavy atom. The summed E-state index contributed by atoms with van der Waals surface area (Å²) in [6.07, 6.45) is 0. The van der Waals surface area contributed by atoms with Crippen LogP contribution in [0.15, 0.2) is 12.1 Å². The first-order valence-electron chi connectivity index (χ1n) is 3.32. The van der Waals surface area contributed by atoms with Crippen molar-refractivity contribution in [3.63, 3.8) is 0 Å². The van der Waals surface area contributed by atoms with Crippen LogP contribution in [0.4, 0.5) is 0 Å². The molecule has 11 heavy (non-hydrogen) atoms. The van der Waals surface area contributed by atoms with Gasteiger partial charge in [0.25, 0.3) is 0 Å². The first-order chi connectivity index (χ1) is 5.24. The Morgan fingerprint density at radius 1 is 1.64 bits per heavy atom. The minimum atomic E-state index is 0.123. The molecule has 0 amide bonds. The van der Waals surface area contributed by atoms with Crippen molar-refractivity contribution in [2.75, 3.05) is 7.11 Å². The fraction of sp³-hybridized carbons (Fsp3) is 0.375. The molecule has 0 aliphatic heterocycles. The van der Waals surface area contributed by atoms with Crippen molar-refractivity contribution in [2.24, 2.45) is 0 Å². The zero-order valence-electron chi connectivity index (χ0n) is 6.59. The quantitative estimate of drug-likeness (QED) is 0.649. The largest absolute Gasteiger partial charge is 0.379 e. The summed E-state index contributed by atoms with van der Waals surface area (Å²) in [7, 11) is 1.65. The minimum Gasteiger partial charge on any atom is -0.379 e. The normalized spacial score (nSPS) is 10.0. The maximum Gasteiger partial charge on any atom is 0.169 e. The van der Waals surface area contributed by atoms with E-state index < -0.39 is 0 Å². The molecular formula is C8H10O2S. The molecule has 0 unspecified atom stereocenters. The van der Waals surface area contributed by atoms with Gasteiger partial charge in [0.05, 0.1) is 11.5 Å². The Balaban J connectivity index is 2.73. The van der Waals surface area contributed by atoms with Crippen LogP contribution >= 0.6 is 11.3 Å². The number of hydrogen-bond donors (Lipinski definition) is 0. The van der Waals surface area contributed by atoms with Crippen molar-refractivity contribution in [3.05, 3.63) is 21.9 Å². The van der Waals surface area contributed by atoms with E-state index in [0.29, 0.717) is 6.61 Å². The molecule has 0 saturated carbocycles. The van der Waals surface area contributed by atoms with Crippen molar-refractivity contribution < 1.29 is 9.53 Å². The number of carbonyl (C=O) groups is 1. The highest BCUT2D eigenvalue weighted by molar-refractivity contribution is 7.14. The van der Waals surface area contributed by atoms with Crippen LogP contribution in [0.2, 0.25) is 0 Å². The molecule has 2 nitrogen and oxygen atoms in total. The van der Waals surface area contributed by atoms with Crippen molar-refractivity contribution in [3.8, 4) is 0 Å². The Morgan fingerprint density at radius 2 is 2.36 bits per heavy atom. The molecule has 1 aromatic heterocycles. The van der Waals surface area contributed by atoms with Crippen LogP contribution in [0.25, 0.3) is 0 Å². The van der Waals surface area contributed by atoms with Gasteiger partial charge in [0.1, 0.15) is 0 Å². The van der Waals surface area contributed by atoms with Gasteiger partial charge in [0.2, 0.25) is 0 Å². The molecule has 60 valence electrons. The molecule has 0 spiro atoms. The molecular weight excluding hydrogens is 160 g/mol. The average molecular weight is 170 g/mol. The fourth-order valence-corrected chi connectivity index (χ4v) is 1.66. The van der Waals surface area contributed by atoms with Crippen LogP contribution in [0, 0.1) is 0 Å². The average Bonchev–Trinajstić information content (AvgIpc) is 2.37. The summed E-state index contributed by atoms with van der Waals surface area (Å²) in [4.78, 5) is 12.7. The van der Waals surface area contributed by atoms with E-state index in [2.05, 4.69) is 0 Å². The first kappa shape index (κ1) is 8.43. The molecule has 0 fully saturated rings. The van der Waals surface area contributed by atoms with Gasteiger partial charge in [-0.05, 0) is 19.1 Å². The summed E-state index contributed by atoms with van der Waals surface area (Å²) >= 11 is 1.49. The smallest absolute Gasteiger partial charge is 0.169 e. The van der Waals surface area contributed by atoms with Crippen LogP contribution in [-0.4, -0.2) is 12.9 Å². The lowest BCUT2D eigenvalue weighted by molar-refractivity contribution is 0.102. The molecule has 3 heteroatoms. The van der Waals surface area contributed by atoms with Gasteiger partial charge in [-0.15, -0.1) is 11.3 Å². The lowest BCUT2D eigenvalue weighted by Gasteiger charge is -1.90. The van der Waals surface area contributed by atoms with Gasteiger partial charge >= 0.3 is 0 Å². The zero-order chi connectivity index (χ0) is 8.27. The summed E-state index contributed by atoms with van der Waals surface area (Å²) in [5.74, 6) is 0.123. The Labute approximate surface area is 69.8 Å². The van der Waals surface area contributed by atoms with E-state index in [4.69, 9.17) is 4.74 Å². The number of rotatable bonds is 3. The monoisotopic (exact) mass is 170 g/mol. The predicted octanol–water partition coefficient (Wildman–Crippen LogP) is 2.10. The molecule has 0 saturated heterocycles. The maximum absolute atomic E-state index is 10.8. The van der Waals surface area contributed by atoms with Crippen molar-refractivity contribution in [1.82, 2.24) is 0 Å². The first-order valence-corrected chi connectivity index (χ1v) is 4.14. The Bertz CT molecular complexity index is 252. The molecule has 0 aliphatic carbocycles. The van der Waals surface area contributed by atoms with Gasteiger partial charge in [-0.3, -0.25) is 4.79 Å². The summed E-state index contributed by atoms with van der Waals surface area (Å²) in [6, 6.07) is 3.76. The van der Waals surface area contributed by atoms with E-state index in [9.17, 15) is 4.79 Å². The molecule has 0 aromatic carbocycles. The summed E-state index contributed by atoms with van der Waals surface area (Å²) < 4.78 is 4.92. The van der Waals surface area contributed by atoms with Crippen LogP contribution in [0.3, 0.4) is 0 Å². The highest BCUT2D eigenvalue weighted by atomic mass is 32.1. The molecule has 0 radical (unpaired) electrons. The Kier molecular flexibility index (Phi) is 2.79. The number of Topliss-reactive ketones (excluding diaryl/α,β-unsaturated/α-hetero) is 1. The number of carbonyl (C=O) groups excluding carboxylic acids is 1. The Hall–Kier alpha value is -0.670. The van der Waals surface area contributed by atoms with E-state index >= 15 is 0 Å². The number of methoxy groups -OCH3 is 1. The van der Waals surface area contributed by atoms with E-state index in [0.717, 1.165) is 9.75 Å². The number of ether oxygens (including phenoxy) is 1. The van der Waals surface area contributed by atoms with Crippen LogP contribution in [-0.2, 0) is 11.3 Å². The minimum absolute atomic E-state index is 0.123. The van der Waals surface area contributed by atoms with Gasteiger partial charge in [0.15, 0.2) is 5.78 Å². The highest BCUT2D eigenvalue weighted by Crippen LogP contribution is 2.17. The van der Waals surface area contributed by atoms with Crippen molar-refractivity contribution in [2.45, 2.75) is 13.5 Å². The lowest BCUT2D eigenvalue weighted by Crippen LogP contribution is -1.84. The maximum atomic E-state index is 10.8. The molecule has 0 N–H and O–H groups in total. The second-order valence-corrected chi connectivity index (χ2v) is 3.42. The van der Waals surface area contributed by atoms with E-state index in [-0.39, 0.29) is 5.78 Å². The number of ketones is 1. The molecule has 1 rings (SSSR count). The third kappa shape index (κ3) is 2.13. The van der Waals surface area contributed by atoms with Crippen molar-refractivity contribution in [1.29, 1.82) is 0 Å². The summed E-state index contributed by atoms with van der Waals surface area (Å²) in [5, 5.41) is 0. The molecule has 0 atom stereocenters.